The highest BCUT2D eigenvalue weighted by Gasteiger charge is 2.09. The van der Waals surface area contributed by atoms with E-state index in [-0.39, 0.29) is 0 Å². The second-order valence-corrected chi connectivity index (χ2v) is 4.68. The molecule has 0 amide bonds. The Bertz CT molecular complexity index is 688. The first-order valence-corrected chi connectivity index (χ1v) is 6.12. The van der Waals surface area contributed by atoms with Crippen LogP contribution in [0.3, 0.4) is 0 Å². The molecule has 0 fully saturated rings. The van der Waals surface area contributed by atoms with Gasteiger partial charge in [0, 0.05) is 5.56 Å². The zero-order valence-corrected chi connectivity index (χ0v) is 10.8. The summed E-state index contributed by atoms with van der Waals surface area (Å²) in [6.07, 6.45) is 0. The number of aryl methyl sites for hydroxylation is 1. The van der Waals surface area contributed by atoms with Crippen molar-refractivity contribution in [1.82, 2.24) is 14.6 Å². The van der Waals surface area contributed by atoms with E-state index in [4.69, 9.17) is 0 Å². The molecular weight excluding hydrogens is 278 g/mol. The Labute approximate surface area is 107 Å². The maximum absolute atomic E-state index is 4.53. The second-order valence-electron chi connectivity index (χ2n) is 3.87. The first-order valence-electron chi connectivity index (χ1n) is 5.33. The highest BCUT2D eigenvalue weighted by molar-refractivity contribution is 9.10. The maximum atomic E-state index is 4.53. The Hall–Kier alpha value is -1.68. The minimum absolute atomic E-state index is 0.759. The van der Waals surface area contributed by atoms with E-state index in [0.717, 1.165) is 21.6 Å². The molecule has 0 saturated heterocycles. The number of fused-ring (bicyclic) bond motifs is 1. The van der Waals surface area contributed by atoms with Crippen LogP contribution in [0.15, 0.2) is 47.1 Å². The van der Waals surface area contributed by atoms with Crippen molar-refractivity contribution in [1.29, 1.82) is 0 Å². The third-order valence-corrected chi connectivity index (χ3v) is 3.30. The van der Waals surface area contributed by atoms with Crippen LogP contribution in [0.1, 0.15) is 5.56 Å². The van der Waals surface area contributed by atoms with E-state index in [2.05, 4.69) is 39.0 Å². The Kier molecular flexibility index (Phi) is 2.44. The number of benzene rings is 1. The molecule has 0 radical (unpaired) electrons. The highest BCUT2D eigenvalue weighted by atomic mass is 79.9. The van der Waals surface area contributed by atoms with E-state index in [1.54, 1.807) is 4.52 Å². The molecule has 0 aliphatic heterocycles. The van der Waals surface area contributed by atoms with Crippen molar-refractivity contribution in [3.05, 3.63) is 52.6 Å². The van der Waals surface area contributed by atoms with E-state index >= 15 is 0 Å². The minimum atomic E-state index is 0.759. The summed E-state index contributed by atoms with van der Waals surface area (Å²) in [6.45, 7) is 2.07. The Morgan fingerprint density at radius 3 is 2.65 bits per heavy atom. The summed E-state index contributed by atoms with van der Waals surface area (Å²) in [5, 5.41) is 4.50. The van der Waals surface area contributed by atoms with E-state index in [0.29, 0.717) is 0 Å². The summed E-state index contributed by atoms with van der Waals surface area (Å²) in [4.78, 5) is 4.53. The smallest absolute Gasteiger partial charge is 0.182 e. The van der Waals surface area contributed by atoms with Crippen LogP contribution in [0.4, 0.5) is 0 Å². The lowest BCUT2D eigenvalue weighted by Crippen LogP contribution is -1.89. The number of hydrogen-bond donors (Lipinski definition) is 0. The van der Waals surface area contributed by atoms with Gasteiger partial charge >= 0.3 is 0 Å². The normalized spacial score (nSPS) is 10.9. The van der Waals surface area contributed by atoms with Gasteiger partial charge in [-0.1, -0.05) is 30.3 Å². The molecule has 1 aromatic carbocycles. The van der Waals surface area contributed by atoms with Crippen LogP contribution in [-0.4, -0.2) is 14.6 Å². The lowest BCUT2D eigenvalue weighted by molar-refractivity contribution is 0.939. The molecule has 17 heavy (non-hydrogen) atoms. The van der Waals surface area contributed by atoms with Gasteiger partial charge in [0.1, 0.15) is 4.60 Å². The molecular formula is C13H10BrN3. The molecule has 0 spiro atoms. The van der Waals surface area contributed by atoms with Crippen molar-refractivity contribution in [2.75, 3.05) is 0 Å². The largest absolute Gasteiger partial charge is 0.207 e. The van der Waals surface area contributed by atoms with Crippen LogP contribution in [0.2, 0.25) is 0 Å². The standard InChI is InChI=1S/C13H10BrN3/c1-9-5-2-3-6-10(9)13-15-12-8-4-7-11(14)17(12)16-13/h2-8H,1H3. The summed E-state index contributed by atoms with van der Waals surface area (Å²) in [7, 11) is 0. The number of aromatic nitrogens is 3. The molecule has 0 aliphatic carbocycles. The molecule has 0 atom stereocenters. The monoisotopic (exact) mass is 287 g/mol. The molecule has 3 rings (SSSR count). The second kappa shape index (κ2) is 3.96. The van der Waals surface area contributed by atoms with Crippen molar-refractivity contribution in [2.45, 2.75) is 6.92 Å². The molecule has 0 bridgehead atoms. The van der Waals surface area contributed by atoms with Crippen molar-refractivity contribution in [3.63, 3.8) is 0 Å². The van der Waals surface area contributed by atoms with Crippen molar-refractivity contribution in [3.8, 4) is 11.4 Å². The lowest BCUT2D eigenvalue weighted by Gasteiger charge is -1.98. The van der Waals surface area contributed by atoms with Crippen molar-refractivity contribution < 1.29 is 0 Å². The van der Waals surface area contributed by atoms with Gasteiger partial charge in [0.15, 0.2) is 11.5 Å². The fourth-order valence-electron chi connectivity index (χ4n) is 1.81. The molecule has 84 valence electrons. The molecule has 0 saturated carbocycles. The van der Waals surface area contributed by atoms with Crippen LogP contribution in [0, 0.1) is 6.92 Å². The van der Waals surface area contributed by atoms with Gasteiger partial charge in [-0.3, -0.25) is 0 Å². The molecule has 3 nitrogen and oxygen atoms in total. The number of nitrogens with zero attached hydrogens (tertiary/aromatic N) is 3. The Morgan fingerprint density at radius 2 is 1.88 bits per heavy atom. The van der Waals surface area contributed by atoms with Gasteiger partial charge in [0.25, 0.3) is 0 Å². The fourth-order valence-corrected chi connectivity index (χ4v) is 2.22. The van der Waals surface area contributed by atoms with Crippen molar-refractivity contribution in [2.24, 2.45) is 0 Å². The molecule has 0 aliphatic rings. The quantitative estimate of drug-likeness (QED) is 0.642. The molecule has 0 unspecified atom stereocenters. The van der Waals surface area contributed by atoms with Gasteiger partial charge in [-0.15, -0.1) is 5.10 Å². The average Bonchev–Trinajstić information content (AvgIpc) is 2.75. The fraction of sp³-hybridized carbons (Fsp3) is 0.0769. The zero-order valence-electron chi connectivity index (χ0n) is 9.26. The molecule has 2 aromatic heterocycles. The predicted octanol–water partition coefficient (Wildman–Crippen LogP) is 3.47. The third-order valence-electron chi connectivity index (χ3n) is 2.70. The third kappa shape index (κ3) is 1.74. The Balaban J connectivity index is 2.26. The number of hydrogen-bond acceptors (Lipinski definition) is 2. The number of halogens is 1. The molecule has 2 heterocycles. The van der Waals surface area contributed by atoms with Gasteiger partial charge < -0.3 is 0 Å². The SMILES string of the molecule is Cc1ccccc1-c1nc2cccc(Br)n2n1. The summed E-state index contributed by atoms with van der Waals surface area (Å²) in [6, 6.07) is 14.0. The zero-order chi connectivity index (χ0) is 11.8. The van der Waals surface area contributed by atoms with Crippen LogP contribution >= 0.6 is 15.9 Å². The van der Waals surface area contributed by atoms with Gasteiger partial charge in [-0.25, -0.2) is 9.50 Å². The van der Waals surface area contributed by atoms with Gasteiger partial charge in [-0.05, 0) is 40.5 Å². The van der Waals surface area contributed by atoms with Crippen LogP contribution in [-0.2, 0) is 0 Å². The molecule has 4 heteroatoms. The van der Waals surface area contributed by atoms with Crippen LogP contribution in [0.5, 0.6) is 0 Å². The maximum Gasteiger partial charge on any atom is 0.182 e. The first-order chi connectivity index (χ1) is 8.25. The van der Waals surface area contributed by atoms with E-state index in [9.17, 15) is 0 Å². The number of rotatable bonds is 1. The summed E-state index contributed by atoms with van der Waals surface area (Å²) in [5.74, 6) is 0.759. The molecule has 0 N–H and O–H groups in total. The highest BCUT2D eigenvalue weighted by Crippen LogP contribution is 2.21. The lowest BCUT2D eigenvalue weighted by atomic mass is 10.1. The van der Waals surface area contributed by atoms with Crippen LogP contribution < -0.4 is 0 Å². The van der Waals surface area contributed by atoms with E-state index < -0.39 is 0 Å². The topological polar surface area (TPSA) is 30.2 Å². The first kappa shape index (κ1) is 10.5. The summed E-state index contributed by atoms with van der Waals surface area (Å²) >= 11 is 3.46. The van der Waals surface area contributed by atoms with E-state index in [1.165, 1.54) is 5.56 Å². The number of pyridine rings is 1. The minimum Gasteiger partial charge on any atom is -0.207 e. The van der Waals surface area contributed by atoms with Gasteiger partial charge in [0.2, 0.25) is 0 Å². The Morgan fingerprint density at radius 1 is 1.06 bits per heavy atom. The van der Waals surface area contributed by atoms with Crippen molar-refractivity contribution >= 4 is 21.6 Å². The summed E-state index contributed by atoms with van der Waals surface area (Å²) in [5.41, 5.74) is 3.10. The van der Waals surface area contributed by atoms with Crippen LogP contribution in [0.25, 0.3) is 17.0 Å². The molecule has 3 aromatic rings. The average molecular weight is 288 g/mol. The predicted molar refractivity (Wildman–Crippen MR) is 70.9 cm³/mol. The van der Waals surface area contributed by atoms with Gasteiger partial charge in [-0.2, -0.15) is 0 Å². The summed E-state index contributed by atoms with van der Waals surface area (Å²) < 4.78 is 2.70. The van der Waals surface area contributed by atoms with E-state index in [1.807, 2.05) is 36.4 Å². The van der Waals surface area contributed by atoms with Gasteiger partial charge in [0.05, 0.1) is 0 Å².